The molecule has 0 bridgehead atoms. The normalized spacial score (nSPS) is 16.5. The lowest BCUT2D eigenvalue weighted by atomic mass is 10.1. The SMILES string of the molecule is CC(OC(=O)C1CCCC1)C(=O)Nc1ccc(Cl)cc1Cl. The molecule has 1 aromatic rings. The zero-order valence-electron chi connectivity index (χ0n) is 11.7. The van der Waals surface area contributed by atoms with Crippen molar-refractivity contribution in [2.75, 3.05) is 5.32 Å². The summed E-state index contributed by atoms with van der Waals surface area (Å²) in [4.78, 5) is 23.9. The van der Waals surface area contributed by atoms with Gasteiger partial charge in [-0.15, -0.1) is 0 Å². The molecular weight excluding hydrogens is 313 g/mol. The highest BCUT2D eigenvalue weighted by molar-refractivity contribution is 6.36. The molecule has 0 aliphatic heterocycles. The summed E-state index contributed by atoms with van der Waals surface area (Å²) in [6.45, 7) is 1.55. The lowest BCUT2D eigenvalue weighted by Gasteiger charge is -2.16. The maximum atomic E-state index is 12.0. The van der Waals surface area contributed by atoms with Gasteiger partial charge in [0.2, 0.25) is 0 Å². The van der Waals surface area contributed by atoms with Gasteiger partial charge >= 0.3 is 5.97 Å². The summed E-state index contributed by atoms with van der Waals surface area (Å²) in [5, 5.41) is 3.45. The van der Waals surface area contributed by atoms with Crippen LogP contribution in [0.2, 0.25) is 10.0 Å². The van der Waals surface area contributed by atoms with Crippen molar-refractivity contribution in [3.8, 4) is 0 Å². The number of carbonyl (C=O) groups excluding carboxylic acids is 2. The van der Waals surface area contributed by atoms with E-state index in [-0.39, 0.29) is 11.9 Å². The average molecular weight is 330 g/mol. The molecule has 0 saturated heterocycles. The molecule has 1 unspecified atom stereocenters. The van der Waals surface area contributed by atoms with Crippen LogP contribution >= 0.6 is 23.2 Å². The van der Waals surface area contributed by atoms with Crippen LogP contribution in [-0.2, 0) is 14.3 Å². The zero-order valence-corrected chi connectivity index (χ0v) is 13.2. The van der Waals surface area contributed by atoms with Crippen molar-refractivity contribution in [1.29, 1.82) is 0 Å². The lowest BCUT2D eigenvalue weighted by Crippen LogP contribution is -2.31. The molecule has 1 saturated carbocycles. The van der Waals surface area contributed by atoms with Gasteiger partial charge in [-0.3, -0.25) is 9.59 Å². The molecule has 0 radical (unpaired) electrons. The van der Waals surface area contributed by atoms with Crippen LogP contribution in [0.4, 0.5) is 5.69 Å². The van der Waals surface area contributed by atoms with Gasteiger partial charge in [0.15, 0.2) is 6.10 Å². The number of halogens is 2. The summed E-state index contributed by atoms with van der Waals surface area (Å²) in [5.41, 5.74) is 0.440. The minimum Gasteiger partial charge on any atom is -0.452 e. The summed E-state index contributed by atoms with van der Waals surface area (Å²) in [5.74, 6) is -0.776. The average Bonchev–Trinajstić information content (AvgIpc) is 2.95. The number of carbonyl (C=O) groups is 2. The first kappa shape index (κ1) is 16.1. The van der Waals surface area contributed by atoms with Gasteiger partial charge in [-0.05, 0) is 38.0 Å². The maximum Gasteiger partial charge on any atom is 0.309 e. The molecular formula is C15H17Cl2NO3. The molecule has 0 aromatic heterocycles. The van der Waals surface area contributed by atoms with Crippen molar-refractivity contribution in [2.24, 2.45) is 5.92 Å². The van der Waals surface area contributed by atoms with E-state index in [1.54, 1.807) is 19.1 Å². The molecule has 1 aliphatic carbocycles. The molecule has 4 nitrogen and oxygen atoms in total. The highest BCUT2D eigenvalue weighted by atomic mass is 35.5. The fraction of sp³-hybridized carbons (Fsp3) is 0.467. The number of esters is 1. The van der Waals surface area contributed by atoms with Crippen molar-refractivity contribution in [1.82, 2.24) is 0 Å². The van der Waals surface area contributed by atoms with E-state index in [4.69, 9.17) is 27.9 Å². The van der Waals surface area contributed by atoms with E-state index >= 15 is 0 Å². The minimum absolute atomic E-state index is 0.0700. The van der Waals surface area contributed by atoms with Gasteiger partial charge < -0.3 is 10.1 Å². The Bertz CT molecular complexity index is 542. The molecule has 1 fully saturated rings. The Morgan fingerprint density at radius 2 is 1.95 bits per heavy atom. The van der Waals surface area contributed by atoms with E-state index < -0.39 is 12.0 Å². The Kier molecular flexibility index (Phi) is 5.48. The van der Waals surface area contributed by atoms with Crippen LogP contribution < -0.4 is 5.32 Å². The van der Waals surface area contributed by atoms with Crippen LogP contribution in [-0.4, -0.2) is 18.0 Å². The van der Waals surface area contributed by atoms with Crippen LogP contribution in [0, 0.1) is 5.92 Å². The van der Waals surface area contributed by atoms with Gasteiger partial charge in [-0.25, -0.2) is 0 Å². The Hall–Kier alpha value is -1.26. The van der Waals surface area contributed by atoms with Crippen LogP contribution in [0.3, 0.4) is 0 Å². The van der Waals surface area contributed by atoms with Crippen molar-refractivity contribution in [3.63, 3.8) is 0 Å². The molecule has 2 rings (SSSR count). The van der Waals surface area contributed by atoms with Gasteiger partial charge in [-0.2, -0.15) is 0 Å². The number of hydrogen-bond acceptors (Lipinski definition) is 3. The van der Waals surface area contributed by atoms with Crippen molar-refractivity contribution >= 4 is 40.8 Å². The summed E-state index contributed by atoms with van der Waals surface area (Å²) in [7, 11) is 0. The molecule has 0 spiro atoms. The second-order valence-electron chi connectivity index (χ2n) is 5.17. The molecule has 114 valence electrons. The predicted octanol–water partition coefficient (Wildman–Crippen LogP) is 4.05. The molecule has 1 amide bonds. The third kappa shape index (κ3) is 4.35. The molecule has 1 N–H and O–H groups in total. The fourth-order valence-electron chi connectivity index (χ4n) is 2.31. The maximum absolute atomic E-state index is 12.0. The Labute approximate surface area is 133 Å². The number of ether oxygens (including phenoxy) is 1. The quantitative estimate of drug-likeness (QED) is 0.847. The largest absolute Gasteiger partial charge is 0.452 e. The van der Waals surface area contributed by atoms with E-state index in [2.05, 4.69) is 5.32 Å². The highest BCUT2D eigenvalue weighted by Gasteiger charge is 2.27. The smallest absolute Gasteiger partial charge is 0.309 e. The first-order chi connectivity index (χ1) is 9.97. The molecule has 1 aromatic carbocycles. The molecule has 1 aliphatic rings. The van der Waals surface area contributed by atoms with Crippen LogP contribution in [0.25, 0.3) is 0 Å². The van der Waals surface area contributed by atoms with E-state index in [1.165, 1.54) is 6.07 Å². The zero-order chi connectivity index (χ0) is 15.4. The van der Waals surface area contributed by atoms with Gasteiger partial charge in [0.05, 0.1) is 16.6 Å². The van der Waals surface area contributed by atoms with Crippen LogP contribution in [0.5, 0.6) is 0 Å². The summed E-state index contributed by atoms with van der Waals surface area (Å²) in [6.07, 6.45) is 2.92. The highest BCUT2D eigenvalue weighted by Crippen LogP contribution is 2.27. The third-order valence-electron chi connectivity index (χ3n) is 3.54. The van der Waals surface area contributed by atoms with Crippen LogP contribution in [0.1, 0.15) is 32.6 Å². The topological polar surface area (TPSA) is 55.4 Å². The number of hydrogen-bond donors (Lipinski definition) is 1. The number of anilines is 1. The van der Waals surface area contributed by atoms with E-state index in [1.807, 2.05) is 0 Å². The summed E-state index contributed by atoms with van der Waals surface area (Å²) >= 11 is 11.8. The predicted molar refractivity (Wildman–Crippen MR) is 82.6 cm³/mol. The number of nitrogens with one attached hydrogen (secondary N) is 1. The van der Waals surface area contributed by atoms with Gasteiger partial charge in [0.25, 0.3) is 5.91 Å². The first-order valence-electron chi connectivity index (χ1n) is 6.94. The number of amides is 1. The Morgan fingerprint density at radius 1 is 1.29 bits per heavy atom. The van der Waals surface area contributed by atoms with E-state index in [9.17, 15) is 9.59 Å². The third-order valence-corrected chi connectivity index (χ3v) is 4.09. The van der Waals surface area contributed by atoms with Gasteiger partial charge in [-0.1, -0.05) is 36.0 Å². The standard InChI is InChI=1S/C15H17Cl2NO3/c1-9(21-15(20)10-4-2-3-5-10)14(19)18-13-7-6-11(16)8-12(13)17/h6-10H,2-5H2,1H3,(H,18,19). The van der Waals surface area contributed by atoms with Crippen molar-refractivity contribution in [3.05, 3.63) is 28.2 Å². The summed E-state index contributed by atoms with van der Waals surface area (Å²) < 4.78 is 5.21. The molecule has 0 heterocycles. The lowest BCUT2D eigenvalue weighted by molar-refractivity contribution is -0.157. The van der Waals surface area contributed by atoms with Crippen molar-refractivity contribution in [2.45, 2.75) is 38.7 Å². The monoisotopic (exact) mass is 329 g/mol. The second-order valence-corrected chi connectivity index (χ2v) is 6.02. The van der Waals surface area contributed by atoms with Gasteiger partial charge in [0, 0.05) is 5.02 Å². The van der Waals surface area contributed by atoms with E-state index in [0.717, 1.165) is 25.7 Å². The minimum atomic E-state index is -0.857. The van der Waals surface area contributed by atoms with Crippen LogP contribution in [0.15, 0.2) is 18.2 Å². The van der Waals surface area contributed by atoms with Crippen molar-refractivity contribution < 1.29 is 14.3 Å². The van der Waals surface area contributed by atoms with Gasteiger partial charge in [0.1, 0.15) is 0 Å². The molecule has 6 heteroatoms. The Balaban J connectivity index is 1.91. The number of rotatable bonds is 4. The summed E-state index contributed by atoms with van der Waals surface area (Å²) in [6, 6.07) is 4.76. The fourth-order valence-corrected chi connectivity index (χ4v) is 2.77. The van der Waals surface area contributed by atoms with E-state index in [0.29, 0.717) is 15.7 Å². The Morgan fingerprint density at radius 3 is 2.57 bits per heavy atom. The number of benzene rings is 1. The molecule has 21 heavy (non-hydrogen) atoms. The second kappa shape index (κ2) is 7.14. The molecule has 1 atom stereocenters. The first-order valence-corrected chi connectivity index (χ1v) is 7.69.